The number of carboxylic acids is 1. The lowest BCUT2D eigenvalue weighted by Crippen LogP contribution is -2.29. The number of benzene rings is 1. The lowest BCUT2D eigenvalue weighted by molar-refractivity contribution is -0.148. The largest absolute Gasteiger partial charge is 0.504 e. The number of carboxylic acid groups (broad SMARTS) is 1. The fourth-order valence-electron chi connectivity index (χ4n) is 1.95. The third-order valence-electron chi connectivity index (χ3n) is 2.95. The SMILES string of the molecule is CCCC(C)(Cc1ccc(O)c(O)c1)C(=O)O. The van der Waals surface area contributed by atoms with Crippen LogP contribution in [0, 0.1) is 5.41 Å². The van der Waals surface area contributed by atoms with E-state index in [0.717, 1.165) is 6.42 Å². The summed E-state index contributed by atoms with van der Waals surface area (Å²) < 4.78 is 0. The lowest BCUT2D eigenvalue weighted by atomic mass is 9.80. The quantitative estimate of drug-likeness (QED) is 0.689. The molecule has 0 amide bonds. The van der Waals surface area contributed by atoms with Gasteiger partial charge in [-0.1, -0.05) is 19.4 Å². The van der Waals surface area contributed by atoms with Crippen LogP contribution in [-0.4, -0.2) is 21.3 Å². The third kappa shape index (κ3) is 3.12. The molecule has 1 rings (SSSR count). The van der Waals surface area contributed by atoms with E-state index < -0.39 is 11.4 Å². The number of hydrogen-bond donors (Lipinski definition) is 3. The minimum absolute atomic E-state index is 0.193. The number of hydrogen-bond acceptors (Lipinski definition) is 3. The minimum atomic E-state index is -0.841. The van der Waals surface area contributed by atoms with Gasteiger partial charge in [0.2, 0.25) is 0 Å². The summed E-state index contributed by atoms with van der Waals surface area (Å²) in [6.07, 6.45) is 1.70. The maximum absolute atomic E-state index is 11.3. The smallest absolute Gasteiger partial charge is 0.309 e. The maximum atomic E-state index is 11.3. The van der Waals surface area contributed by atoms with Crippen LogP contribution >= 0.6 is 0 Å². The Hall–Kier alpha value is -1.71. The molecular formula is C13H18O4. The first-order valence-corrected chi connectivity index (χ1v) is 5.63. The van der Waals surface area contributed by atoms with E-state index in [0.29, 0.717) is 18.4 Å². The lowest BCUT2D eigenvalue weighted by Gasteiger charge is -2.24. The third-order valence-corrected chi connectivity index (χ3v) is 2.95. The first-order valence-electron chi connectivity index (χ1n) is 5.63. The van der Waals surface area contributed by atoms with Crippen LogP contribution in [0.1, 0.15) is 32.3 Å². The van der Waals surface area contributed by atoms with Crippen LogP contribution in [-0.2, 0) is 11.2 Å². The van der Waals surface area contributed by atoms with Crippen molar-refractivity contribution in [3.8, 4) is 11.5 Å². The molecule has 0 aliphatic heterocycles. The summed E-state index contributed by atoms with van der Waals surface area (Å²) in [7, 11) is 0. The van der Waals surface area contributed by atoms with Crippen molar-refractivity contribution < 1.29 is 20.1 Å². The molecule has 1 atom stereocenters. The Balaban J connectivity index is 2.94. The highest BCUT2D eigenvalue weighted by Crippen LogP contribution is 2.32. The summed E-state index contributed by atoms with van der Waals surface area (Å²) in [6.45, 7) is 3.64. The van der Waals surface area contributed by atoms with Gasteiger partial charge in [0.05, 0.1) is 5.41 Å². The van der Waals surface area contributed by atoms with Gasteiger partial charge in [-0.05, 0) is 37.5 Å². The van der Waals surface area contributed by atoms with Crippen molar-refractivity contribution in [2.75, 3.05) is 0 Å². The minimum Gasteiger partial charge on any atom is -0.504 e. The van der Waals surface area contributed by atoms with Gasteiger partial charge in [-0.2, -0.15) is 0 Å². The highest BCUT2D eigenvalue weighted by Gasteiger charge is 2.32. The molecule has 94 valence electrons. The highest BCUT2D eigenvalue weighted by atomic mass is 16.4. The molecule has 0 aliphatic carbocycles. The van der Waals surface area contributed by atoms with E-state index in [1.165, 1.54) is 12.1 Å². The van der Waals surface area contributed by atoms with Crippen molar-refractivity contribution in [3.63, 3.8) is 0 Å². The molecule has 0 aromatic heterocycles. The second-order valence-corrected chi connectivity index (χ2v) is 4.62. The summed E-state index contributed by atoms with van der Waals surface area (Å²) in [5.41, 5.74) is -0.128. The van der Waals surface area contributed by atoms with E-state index in [1.807, 2.05) is 6.92 Å². The van der Waals surface area contributed by atoms with Crippen molar-refractivity contribution in [1.29, 1.82) is 0 Å². The zero-order valence-corrected chi connectivity index (χ0v) is 10.1. The summed E-state index contributed by atoms with van der Waals surface area (Å²) in [6, 6.07) is 4.41. The van der Waals surface area contributed by atoms with Crippen LogP contribution in [0.3, 0.4) is 0 Å². The molecule has 4 nitrogen and oxygen atoms in total. The fraction of sp³-hybridized carbons (Fsp3) is 0.462. The van der Waals surface area contributed by atoms with Gasteiger partial charge in [0.15, 0.2) is 11.5 Å². The number of aromatic hydroxyl groups is 2. The van der Waals surface area contributed by atoms with E-state index in [4.69, 9.17) is 0 Å². The van der Waals surface area contributed by atoms with E-state index >= 15 is 0 Å². The van der Waals surface area contributed by atoms with Crippen LogP contribution < -0.4 is 0 Å². The number of phenolic OH excluding ortho intramolecular Hbond substituents is 2. The summed E-state index contributed by atoms with van der Waals surface area (Å²) in [5, 5.41) is 27.8. The topological polar surface area (TPSA) is 77.8 Å². The average molecular weight is 238 g/mol. The predicted molar refractivity (Wildman–Crippen MR) is 64.1 cm³/mol. The van der Waals surface area contributed by atoms with Gasteiger partial charge in [0, 0.05) is 0 Å². The molecule has 3 N–H and O–H groups in total. The molecule has 0 bridgehead atoms. The van der Waals surface area contributed by atoms with Gasteiger partial charge in [0.25, 0.3) is 0 Å². The van der Waals surface area contributed by atoms with Crippen molar-refractivity contribution in [2.45, 2.75) is 33.1 Å². The van der Waals surface area contributed by atoms with Crippen LogP contribution in [0.4, 0.5) is 0 Å². The van der Waals surface area contributed by atoms with Crippen LogP contribution in [0.25, 0.3) is 0 Å². The zero-order valence-electron chi connectivity index (χ0n) is 10.1. The Morgan fingerprint density at radius 3 is 2.41 bits per heavy atom. The van der Waals surface area contributed by atoms with Crippen LogP contribution in [0.5, 0.6) is 11.5 Å². The van der Waals surface area contributed by atoms with Gasteiger partial charge in [-0.3, -0.25) is 4.79 Å². The predicted octanol–water partition coefficient (Wildman–Crippen LogP) is 2.53. The summed E-state index contributed by atoms with van der Waals surface area (Å²) >= 11 is 0. The molecule has 0 aliphatic rings. The molecule has 17 heavy (non-hydrogen) atoms. The van der Waals surface area contributed by atoms with Crippen molar-refractivity contribution in [1.82, 2.24) is 0 Å². The molecule has 1 aromatic rings. The average Bonchev–Trinajstić information content (AvgIpc) is 2.23. The number of aliphatic carboxylic acids is 1. The Morgan fingerprint density at radius 2 is 1.94 bits per heavy atom. The van der Waals surface area contributed by atoms with Crippen molar-refractivity contribution in [3.05, 3.63) is 23.8 Å². The standard InChI is InChI=1S/C13H18O4/c1-3-6-13(2,12(16)17)8-9-4-5-10(14)11(15)7-9/h4-5,7,14-15H,3,6,8H2,1-2H3,(H,16,17). The van der Waals surface area contributed by atoms with Gasteiger partial charge >= 0.3 is 5.97 Å². The molecule has 0 fully saturated rings. The van der Waals surface area contributed by atoms with Crippen LogP contribution in [0.15, 0.2) is 18.2 Å². The first kappa shape index (κ1) is 13.4. The Labute approximate surface area is 101 Å². The van der Waals surface area contributed by atoms with E-state index in [9.17, 15) is 20.1 Å². The summed E-state index contributed by atoms with van der Waals surface area (Å²) in [5.74, 6) is -1.25. The first-order chi connectivity index (χ1) is 7.89. The maximum Gasteiger partial charge on any atom is 0.309 e. The molecular weight excluding hydrogens is 220 g/mol. The highest BCUT2D eigenvalue weighted by molar-refractivity contribution is 5.74. The van der Waals surface area contributed by atoms with E-state index in [1.54, 1.807) is 13.0 Å². The normalized spacial score (nSPS) is 14.2. The Kier molecular flexibility index (Phi) is 3.99. The second-order valence-electron chi connectivity index (χ2n) is 4.62. The van der Waals surface area contributed by atoms with E-state index in [2.05, 4.69) is 0 Å². The van der Waals surface area contributed by atoms with Crippen molar-refractivity contribution in [2.24, 2.45) is 5.41 Å². The molecule has 0 heterocycles. The number of rotatable bonds is 5. The molecule has 1 unspecified atom stereocenters. The second kappa shape index (κ2) is 5.08. The van der Waals surface area contributed by atoms with Gasteiger partial charge in [-0.25, -0.2) is 0 Å². The van der Waals surface area contributed by atoms with E-state index in [-0.39, 0.29) is 11.5 Å². The van der Waals surface area contributed by atoms with Gasteiger partial charge in [0.1, 0.15) is 0 Å². The zero-order chi connectivity index (χ0) is 13.1. The summed E-state index contributed by atoms with van der Waals surface area (Å²) in [4.78, 5) is 11.3. The monoisotopic (exact) mass is 238 g/mol. The number of phenols is 2. The molecule has 0 saturated heterocycles. The van der Waals surface area contributed by atoms with Crippen LogP contribution in [0.2, 0.25) is 0 Å². The molecule has 0 spiro atoms. The number of carbonyl (C=O) groups is 1. The molecule has 0 saturated carbocycles. The van der Waals surface area contributed by atoms with Crippen molar-refractivity contribution >= 4 is 5.97 Å². The molecule has 1 aromatic carbocycles. The molecule has 0 radical (unpaired) electrons. The fourth-order valence-corrected chi connectivity index (χ4v) is 1.95. The molecule has 4 heteroatoms. The Morgan fingerprint density at radius 1 is 1.29 bits per heavy atom. The van der Waals surface area contributed by atoms with Gasteiger partial charge in [-0.15, -0.1) is 0 Å². The van der Waals surface area contributed by atoms with Gasteiger partial charge < -0.3 is 15.3 Å². The Bertz CT molecular complexity index is 414.